The fraction of sp³-hybridized carbons (Fsp3) is 0.143. The van der Waals surface area contributed by atoms with E-state index in [1.165, 1.54) is 19.2 Å². The molecule has 0 fully saturated rings. The molecule has 0 aliphatic heterocycles. The van der Waals surface area contributed by atoms with Crippen LogP contribution >= 0.6 is 23.1 Å². The maximum absolute atomic E-state index is 13.8. The van der Waals surface area contributed by atoms with Gasteiger partial charge in [-0.1, -0.05) is 0 Å². The Hall–Kier alpha value is -3.30. The molecule has 4 rings (SSSR count). The van der Waals surface area contributed by atoms with Gasteiger partial charge in [0.05, 0.1) is 39.5 Å². The van der Waals surface area contributed by atoms with Crippen molar-refractivity contribution in [2.24, 2.45) is 0 Å². The lowest BCUT2D eigenvalue weighted by Gasteiger charge is -2.18. The van der Waals surface area contributed by atoms with E-state index in [0.29, 0.717) is 38.0 Å². The van der Waals surface area contributed by atoms with E-state index in [9.17, 15) is 8.96 Å². The molecule has 2 aromatic carbocycles. The Bertz CT molecular complexity index is 1410. The molecule has 9 nitrogen and oxygen atoms in total. The second kappa shape index (κ2) is 8.92. The largest absolute Gasteiger partial charge is 0.494 e. The van der Waals surface area contributed by atoms with Crippen LogP contribution in [0.4, 0.5) is 33.2 Å². The van der Waals surface area contributed by atoms with E-state index in [1.54, 1.807) is 44.1 Å². The summed E-state index contributed by atoms with van der Waals surface area (Å²) in [5, 5.41) is 6.78. The van der Waals surface area contributed by atoms with Crippen molar-refractivity contribution in [3.8, 4) is 5.75 Å². The van der Waals surface area contributed by atoms with Crippen LogP contribution in [0.15, 0.2) is 47.3 Å². The van der Waals surface area contributed by atoms with Crippen molar-refractivity contribution in [2.75, 3.05) is 36.8 Å². The van der Waals surface area contributed by atoms with Gasteiger partial charge in [-0.3, -0.25) is 9.97 Å². The van der Waals surface area contributed by atoms with Gasteiger partial charge < -0.3 is 25.7 Å². The highest BCUT2D eigenvalue weighted by Gasteiger charge is 2.22. The normalized spacial score (nSPS) is 11.4. The Balaban J connectivity index is 1.74. The molecule has 4 aromatic rings. The number of nitrogens with zero attached hydrogens (tertiary/aromatic N) is 4. The van der Waals surface area contributed by atoms with Gasteiger partial charge >= 0.3 is 0 Å². The van der Waals surface area contributed by atoms with E-state index in [1.807, 2.05) is 0 Å². The van der Waals surface area contributed by atoms with Gasteiger partial charge in [-0.15, -0.1) is 0 Å². The van der Waals surface area contributed by atoms with Gasteiger partial charge in [0.25, 0.3) is 0 Å². The molecule has 0 aliphatic carbocycles. The van der Waals surface area contributed by atoms with E-state index in [4.69, 9.17) is 10.5 Å². The van der Waals surface area contributed by atoms with Gasteiger partial charge in [0, 0.05) is 24.7 Å². The molecule has 0 atom stereocenters. The quantitative estimate of drug-likeness (QED) is 0.240. The summed E-state index contributed by atoms with van der Waals surface area (Å²) in [6.07, 6.45) is 4.70. The number of methoxy groups -OCH3 is 1. The number of fused-ring (bicyclic) bond motifs is 1. The summed E-state index contributed by atoms with van der Waals surface area (Å²) in [6, 6.07) is 6.16. The Morgan fingerprint density at radius 1 is 1.09 bits per heavy atom. The number of hydrogen-bond donors (Lipinski definition) is 3. The van der Waals surface area contributed by atoms with E-state index < -0.39 is 13.0 Å². The van der Waals surface area contributed by atoms with E-state index in [0.717, 1.165) is 0 Å². The maximum atomic E-state index is 13.8. The number of rotatable bonds is 6. The zero-order chi connectivity index (χ0) is 23.8. The van der Waals surface area contributed by atoms with Crippen LogP contribution in [0.5, 0.6) is 5.75 Å². The second-order valence-electron chi connectivity index (χ2n) is 7.45. The summed E-state index contributed by atoms with van der Waals surface area (Å²) < 4.78 is 32.7. The molecule has 0 unspecified atom stereocenters. The molecule has 2 aromatic heterocycles. The van der Waals surface area contributed by atoms with Crippen molar-refractivity contribution in [2.45, 2.75) is 0 Å². The number of ether oxygens (including phenoxy) is 1. The van der Waals surface area contributed by atoms with Crippen LogP contribution in [0.25, 0.3) is 11.0 Å². The number of anilines is 5. The third-order valence-corrected chi connectivity index (χ3v) is 6.82. The van der Waals surface area contributed by atoms with E-state index in [2.05, 4.69) is 46.5 Å². The summed E-state index contributed by atoms with van der Waals surface area (Å²) in [4.78, 5) is 17.4. The molecule has 0 spiro atoms. The molecule has 170 valence electrons. The summed E-state index contributed by atoms with van der Waals surface area (Å²) in [5.74, 6) is 0.283. The summed E-state index contributed by atoms with van der Waals surface area (Å²) in [7, 11) is -1.33. The standard InChI is InChI=1S/C21H20BrFN7O2P/c1-32-17-8-12(23)13(24)9-16(17)29-21-27-10-11(22)20(30-21)28-15-5-4-14-18(26-7-6-25-14)19(15)33(2,3)31/h4-10H,24H2,1-3H3,(H2,27,28,29,30). The van der Waals surface area contributed by atoms with Crippen molar-refractivity contribution in [3.63, 3.8) is 0 Å². The van der Waals surface area contributed by atoms with Crippen molar-refractivity contribution >= 4 is 68.2 Å². The first-order chi connectivity index (χ1) is 15.7. The first kappa shape index (κ1) is 22.9. The Morgan fingerprint density at radius 2 is 1.85 bits per heavy atom. The van der Waals surface area contributed by atoms with Crippen LogP contribution in [0.2, 0.25) is 0 Å². The van der Waals surface area contributed by atoms with E-state index >= 15 is 0 Å². The van der Waals surface area contributed by atoms with Gasteiger partial charge in [-0.25, -0.2) is 9.37 Å². The molecule has 33 heavy (non-hydrogen) atoms. The molecule has 4 N–H and O–H groups in total. The van der Waals surface area contributed by atoms with Gasteiger partial charge in [-0.05, 0) is 47.5 Å². The molecular weight excluding hydrogens is 512 g/mol. The zero-order valence-corrected chi connectivity index (χ0v) is 20.4. The van der Waals surface area contributed by atoms with Gasteiger partial charge in [0.2, 0.25) is 5.95 Å². The summed E-state index contributed by atoms with van der Waals surface area (Å²) in [5.41, 5.74) is 7.84. The van der Waals surface area contributed by atoms with Crippen LogP contribution in [-0.4, -0.2) is 40.4 Å². The highest BCUT2D eigenvalue weighted by Crippen LogP contribution is 2.41. The second-order valence-corrected chi connectivity index (χ2v) is 11.5. The van der Waals surface area contributed by atoms with Crippen molar-refractivity contribution in [1.82, 2.24) is 19.9 Å². The van der Waals surface area contributed by atoms with Gasteiger partial charge in [0.1, 0.15) is 30.0 Å². The molecule has 0 radical (unpaired) electrons. The topological polar surface area (TPSA) is 128 Å². The third kappa shape index (κ3) is 4.74. The predicted molar refractivity (Wildman–Crippen MR) is 132 cm³/mol. The van der Waals surface area contributed by atoms with Gasteiger partial charge in [0.15, 0.2) is 0 Å². The first-order valence-corrected chi connectivity index (χ1v) is 13.1. The molecule has 0 saturated heterocycles. The lowest BCUT2D eigenvalue weighted by Crippen LogP contribution is -2.14. The number of aromatic nitrogens is 4. The van der Waals surface area contributed by atoms with Crippen molar-refractivity contribution in [1.29, 1.82) is 0 Å². The Kier molecular flexibility index (Phi) is 6.18. The minimum absolute atomic E-state index is 0.0441. The highest BCUT2D eigenvalue weighted by molar-refractivity contribution is 9.10. The average Bonchev–Trinajstić information content (AvgIpc) is 2.77. The lowest BCUT2D eigenvalue weighted by atomic mass is 10.2. The Labute approximate surface area is 197 Å². The Morgan fingerprint density at radius 3 is 2.58 bits per heavy atom. The molecule has 0 aliphatic rings. The average molecular weight is 532 g/mol. The lowest BCUT2D eigenvalue weighted by molar-refractivity contribution is 0.413. The molecule has 2 heterocycles. The molecule has 12 heteroatoms. The fourth-order valence-corrected chi connectivity index (χ4v) is 4.95. The SMILES string of the molecule is COc1cc(F)c(N)cc1Nc1ncc(Br)c(Nc2ccc3nccnc3c2P(C)(C)=O)n1. The molecule has 0 amide bonds. The smallest absolute Gasteiger partial charge is 0.229 e. The van der Waals surface area contributed by atoms with Crippen molar-refractivity contribution in [3.05, 3.63) is 53.1 Å². The van der Waals surface area contributed by atoms with Crippen LogP contribution in [0, 0.1) is 5.82 Å². The molecular formula is C21H20BrFN7O2P. The maximum Gasteiger partial charge on any atom is 0.229 e. The predicted octanol–water partition coefficient (Wildman–Crippen LogP) is 4.65. The number of benzene rings is 2. The fourth-order valence-electron chi connectivity index (χ4n) is 3.27. The number of nitrogens with two attached hydrogens (primary N) is 1. The van der Waals surface area contributed by atoms with Crippen LogP contribution in [-0.2, 0) is 4.57 Å². The van der Waals surface area contributed by atoms with Crippen LogP contribution in [0.1, 0.15) is 0 Å². The summed E-state index contributed by atoms with van der Waals surface area (Å²) >= 11 is 3.44. The molecule has 0 saturated carbocycles. The van der Waals surface area contributed by atoms with Crippen LogP contribution < -0.4 is 26.4 Å². The minimum Gasteiger partial charge on any atom is -0.494 e. The zero-order valence-electron chi connectivity index (χ0n) is 17.9. The van der Waals surface area contributed by atoms with Crippen molar-refractivity contribution < 1.29 is 13.7 Å². The highest BCUT2D eigenvalue weighted by atomic mass is 79.9. The number of halogens is 2. The third-order valence-electron chi connectivity index (χ3n) is 4.71. The molecule has 0 bridgehead atoms. The number of hydrogen-bond acceptors (Lipinski definition) is 9. The van der Waals surface area contributed by atoms with Gasteiger partial charge in [-0.2, -0.15) is 4.98 Å². The number of nitrogens with one attached hydrogen (secondary N) is 2. The monoisotopic (exact) mass is 531 g/mol. The van der Waals surface area contributed by atoms with E-state index in [-0.39, 0.29) is 17.4 Å². The van der Waals surface area contributed by atoms with Crippen LogP contribution in [0.3, 0.4) is 0 Å². The number of nitrogen functional groups attached to an aromatic ring is 1. The first-order valence-electron chi connectivity index (χ1n) is 9.66. The minimum atomic E-state index is -2.75. The summed E-state index contributed by atoms with van der Waals surface area (Å²) in [6.45, 7) is 3.35.